The third-order valence-electron chi connectivity index (χ3n) is 3.49. The van der Waals surface area contributed by atoms with Crippen LogP contribution in [0, 0.1) is 13.8 Å². The molecule has 21 heavy (non-hydrogen) atoms. The minimum Gasteiger partial charge on any atom is -0.489 e. The molecule has 0 saturated heterocycles. The smallest absolute Gasteiger partial charge is 0.138 e. The molecule has 1 N–H and O–H groups in total. The van der Waals surface area contributed by atoms with Gasteiger partial charge in [-0.05, 0) is 62.6 Å². The second-order valence-electron chi connectivity index (χ2n) is 5.52. The molecule has 0 bridgehead atoms. The summed E-state index contributed by atoms with van der Waals surface area (Å²) in [4.78, 5) is 0. The van der Waals surface area contributed by atoms with Crippen LogP contribution in [0.5, 0.6) is 5.75 Å². The van der Waals surface area contributed by atoms with Gasteiger partial charge in [-0.3, -0.25) is 0 Å². The van der Waals surface area contributed by atoms with Crippen molar-refractivity contribution in [1.82, 2.24) is 0 Å². The number of anilines is 1. The number of hydrogen-bond acceptors (Lipinski definition) is 2. The molecule has 0 aliphatic heterocycles. The van der Waals surface area contributed by atoms with Gasteiger partial charge in [-0.25, -0.2) is 0 Å². The summed E-state index contributed by atoms with van der Waals surface area (Å²) in [5, 5.41) is 4.04. The highest BCUT2D eigenvalue weighted by atomic mass is 35.5. The molecule has 2 nitrogen and oxygen atoms in total. The van der Waals surface area contributed by atoms with Crippen molar-refractivity contribution < 1.29 is 4.74 Å². The molecule has 0 unspecified atom stereocenters. The molecule has 112 valence electrons. The maximum Gasteiger partial charge on any atom is 0.138 e. The quantitative estimate of drug-likeness (QED) is 0.803. The van der Waals surface area contributed by atoms with Crippen molar-refractivity contribution in [2.45, 2.75) is 40.3 Å². The lowest BCUT2D eigenvalue weighted by Crippen LogP contribution is -2.06. The fourth-order valence-electron chi connectivity index (χ4n) is 2.16. The molecule has 2 aromatic carbocycles. The van der Waals surface area contributed by atoms with Crippen LogP contribution in [-0.2, 0) is 6.54 Å². The molecule has 0 aliphatic rings. The average molecular weight is 304 g/mol. The molecular weight excluding hydrogens is 282 g/mol. The summed E-state index contributed by atoms with van der Waals surface area (Å²) in [7, 11) is 0. The highest BCUT2D eigenvalue weighted by molar-refractivity contribution is 6.32. The van der Waals surface area contributed by atoms with Gasteiger partial charge in [0.05, 0.1) is 11.1 Å². The van der Waals surface area contributed by atoms with Crippen LogP contribution >= 0.6 is 11.6 Å². The van der Waals surface area contributed by atoms with Crippen molar-refractivity contribution in [2.24, 2.45) is 0 Å². The lowest BCUT2D eigenvalue weighted by molar-refractivity contribution is 0.242. The fourth-order valence-corrected chi connectivity index (χ4v) is 2.39. The Labute approximate surface area is 132 Å². The molecule has 0 spiro atoms. The van der Waals surface area contributed by atoms with Crippen LogP contribution in [0.1, 0.15) is 30.5 Å². The number of benzene rings is 2. The molecule has 0 saturated carbocycles. The molecule has 0 radical (unpaired) electrons. The topological polar surface area (TPSA) is 21.3 Å². The first kappa shape index (κ1) is 15.7. The average Bonchev–Trinajstić information content (AvgIpc) is 2.43. The van der Waals surface area contributed by atoms with E-state index in [0.717, 1.165) is 18.0 Å². The Kier molecular flexibility index (Phi) is 5.13. The van der Waals surface area contributed by atoms with E-state index in [9.17, 15) is 0 Å². The molecule has 0 amide bonds. The van der Waals surface area contributed by atoms with E-state index in [1.54, 1.807) is 0 Å². The number of rotatable bonds is 5. The van der Waals surface area contributed by atoms with Crippen LogP contribution in [-0.4, -0.2) is 6.10 Å². The summed E-state index contributed by atoms with van der Waals surface area (Å²) in [6.07, 6.45) is 0.122. The first-order chi connectivity index (χ1) is 9.97. The van der Waals surface area contributed by atoms with E-state index < -0.39 is 0 Å². The Balaban J connectivity index is 2.07. The van der Waals surface area contributed by atoms with E-state index in [2.05, 4.69) is 37.4 Å². The highest BCUT2D eigenvalue weighted by Crippen LogP contribution is 2.28. The van der Waals surface area contributed by atoms with E-state index >= 15 is 0 Å². The highest BCUT2D eigenvalue weighted by Gasteiger charge is 2.06. The summed E-state index contributed by atoms with van der Waals surface area (Å²) < 4.78 is 5.64. The van der Waals surface area contributed by atoms with E-state index in [1.165, 1.54) is 16.7 Å². The summed E-state index contributed by atoms with van der Waals surface area (Å²) in [6.45, 7) is 9.05. The summed E-state index contributed by atoms with van der Waals surface area (Å²) in [6, 6.07) is 12.2. The third-order valence-corrected chi connectivity index (χ3v) is 3.79. The van der Waals surface area contributed by atoms with Crippen LogP contribution in [0.4, 0.5) is 5.69 Å². The van der Waals surface area contributed by atoms with E-state index in [1.807, 2.05) is 32.0 Å². The van der Waals surface area contributed by atoms with Gasteiger partial charge in [-0.2, -0.15) is 0 Å². The van der Waals surface area contributed by atoms with Crippen LogP contribution in [0.15, 0.2) is 36.4 Å². The Morgan fingerprint density at radius 2 is 1.90 bits per heavy atom. The second-order valence-corrected chi connectivity index (χ2v) is 5.93. The van der Waals surface area contributed by atoms with Crippen LogP contribution in [0.3, 0.4) is 0 Å². The second kappa shape index (κ2) is 6.86. The Hall–Kier alpha value is -1.67. The largest absolute Gasteiger partial charge is 0.489 e. The maximum atomic E-state index is 6.25. The van der Waals surface area contributed by atoms with Crippen LogP contribution in [0.2, 0.25) is 5.02 Å². The Morgan fingerprint density at radius 1 is 1.14 bits per heavy atom. The molecule has 0 heterocycles. The zero-order valence-corrected chi connectivity index (χ0v) is 13.8. The molecule has 0 aliphatic carbocycles. The molecule has 2 aromatic rings. The SMILES string of the molecule is Cc1cccc(CNc2ccc(OC(C)C)c(Cl)c2)c1C. The van der Waals surface area contributed by atoms with Crippen LogP contribution in [0.25, 0.3) is 0 Å². The van der Waals surface area contributed by atoms with Crippen molar-refractivity contribution in [3.63, 3.8) is 0 Å². The Morgan fingerprint density at radius 3 is 2.57 bits per heavy atom. The molecule has 0 atom stereocenters. The van der Waals surface area contributed by atoms with Gasteiger partial charge in [-0.1, -0.05) is 29.8 Å². The molecule has 0 aromatic heterocycles. The Bertz CT molecular complexity index is 623. The zero-order chi connectivity index (χ0) is 15.4. The van der Waals surface area contributed by atoms with Gasteiger partial charge in [0.2, 0.25) is 0 Å². The summed E-state index contributed by atoms with van der Waals surface area (Å²) >= 11 is 6.25. The lowest BCUT2D eigenvalue weighted by Gasteiger charge is -2.14. The monoisotopic (exact) mass is 303 g/mol. The predicted octanol–water partition coefficient (Wildman–Crippen LogP) is 5.36. The number of ether oxygens (including phenoxy) is 1. The zero-order valence-electron chi connectivity index (χ0n) is 13.0. The van der Waals surface area contributed by atoms with Gasteiger partial charge in [0.25, 0.3) is 0 Å². The first-order valence-electron chi connectivity index (χ1n) is 7.22. The maximum absolute atomic E-state index is 6.25. The number of nitrogens with one attached hydrogen (secondary N) is 1. The lowest BCUT2D eigenvalue weighted by atomic mass is 10.0. The van der Waals surface area contributed by atoms with Crippen molar-refractivity contribution >= 4 is 17.3 Å². The van der Waals surface area contributed by atoms with Gasteiger partial charge in [0, 0.05) is 12.2 Å². The van der Waals surface area contributed by atoms with Gasteiger partial charge < -0.3 is 10.1 Å². The van der Waals surface area contributed by atoms with Gasteiger partial charge in [0.1, 0.15) is 5.75 Å². The van der Waals surface area contributed by atoms with Crippen molar-refractivity contribution in [2.75, 3.05) is 5.32 Å². The molecule has 0 fully saturated rings. The van der Waals surface area contributed by atoms with Gasteiger partial charge in [-0.15, -0.1) is 0 Å². The third kappa shape index (κ3) is 4.15. The molecule has 2 rings (SSSR count). The standard InChI is InChI=1S/C18H22ClNO/c1-12(2)21-18-9-8-16(10-17(18)19)20-11-15-7-5-6-13(3)14(15)4/h5-10,12,20H,11H2,1-4H3. The predicted molar refractivity (Wildman–Crippen MR) is 90.5 cm³/mol. The van der Waals surface area contributed by atoms with E-state index in [-0.39, 0.29) is 6.10 Å². The minimum atomic E-state index is 0.122. The van der Waals surface area contributed by atoms with Crippen molar-refractivity contribution in [3.8, 4) is 5.75 Å². The number of halogens is 1. The van der Waals surface area contributed by atoms with Gasteiger partial charge in [0.15, 0.2) is 0 Å². The summed E-state index contributed by atoms with van der Waals surface area (Å²) in [5.41, 5.74) is 4.94. The van der Waals surface area contributed by atoms with E-state index in [4.69, 9.17) is 16.3 Å². The van der Waals surface area contributed by atoms with E-state index in [0.29, 0.717) is 5.02 Å². The molecule has 3 heteroatoms. The van der Waals surface area contributed by atoms with Crippen molar-refractivity contribution in [1.29, 1.82) is 0 Å². The number of aryl methyl sites for hydroxylation is 1. The first-order valence-corrected chi connectivity index (χ1v) is 7.60. The summed E-state index contributed by atoms with van der Waals surface area (Å²) in [5.74, 6) is 0.726. The van der Waals surface area contributed by atoms with Gasteiger partial charge >= 0.3 is 0 Å². The fraction of sp³-hybridized carbons (Fsp3) is 0.333. The molecular formula is C18H22ClNO. The number of hydrogen-bond donors (Lipinski definition) is 1. The van der Waals surface area contributed by atoms with Crippen LogP contribution < -0.4 is 10.1 Å². The normalized spacial score (nSPS) is 10.8. The van der Waals surface area contributed by atoms with Crippen molar-refractivity contribution in [3.05, 3.63) is 58.1 Å². The minimum absolute atomic E-state index is 0.122.